The molecule has 0 saturated heterocycles. The van der Waals surface area contributed by atoms with E-state index in [-0.39, 0.29) is 5.75 Å². The number of aromatic nitrogens is 1. The van der Waals surface area contributed by atoms with Crippen molar-refractivity contribution in [2.24, 2.45) is 0 Å². The van der Waals surface area contributed by atoms with Crippen LogP contribution < -0.4 is 9.47 Å². The molecule has 0 saturated carbocycles. The second-order valence-corrected chi connectivity index (χ2v) is 5.15. The molecule has 0 bridgehead atoms. The quantitative estimate of drug-likeness (QED) is 0.641. The van der Waals surface area contributed by atoms with E-state index in [2.05, 4.69) is 4.98 Å². The predicted molar refractivity (Wildman–Crippen MR) is 86.5 cm³/mol. The number of hydrogen-bond donors (Lipinski definition) is 0. The molecule has 1 heterocycles. The fraction of sp³-hybridized carbons (Fsp3) is 0.0556. The first-order valence-corrected chi connectivity index (χ1v) is 7.35. The summed E-state index contributed by atoms with van der Waals surface area (Å²) in [5.41, 5.74) is 0.890. The van der Waals surface area contributed by atoms with Crippen molar-refractivity contribution < 1.29 is 13.9 Å². The number of ether oxygens (including phenoxy) is 2. The second-order valence-electron chi connectivity index (χ2n) is 4.74. The van der Waals surface area contributed by atoms with E-state index < -0.39 is 5.82 Å². The molecular formula is C18H13ClFNO2. The van der Waals surface area contributed by atoms with Crippen LogP contribution in [0.5, 0.6) is 17.4 Å². The van der Waals surface area contributed by atoms with Crippen LogP contribution in [0.15, 0.2) is 66.9 Å². The van der Waals surface area contributed by atoms with Crippen LogP contribution >= 0.6 is 11.6 Å². The highest BCUT2D eigenvalue weighted by Gasteiger charge is 2.05. The van der Waals surface area contributed by atoms with Gasteiger partial charge in [0.25, 0.3) is 0 Å². The van der Waals surface area contributed by atoms with E-state index in [1.165, 1.54) is 12.3 Å². The van der Waals surface area contributed by atoms with E-state index in [9.17, 15) is 4.39 Å². The zero-order valence-corrected chi connectivity index (χ0v) is 12.8. The summed E-state index contributed by atoms with van der Waals surface area (Å²) in [7, 11) is 0. The minimum absolute atomic E-state index is 0.129. The molecule has 0 aliphatic heterocycles. The fourth-order valence-electron chi connectivity index (χ4n) is 1.93. The molecule has 0 amide bonds. The molecule has 0 atom stereocenters. The molecular weight excluding hydrogens is 317 g/mol. The molecule has 1 aromatic heterocycles. The Bertz CT molecular complexity index is 793. The Labute approximate surface area is 138 Å². The van der Waals surface area contributed by atoms with Gasteiger partial charge in [0.15, 0.2) is 11.6 Å². The smallest absolute Gasteiger partial charge is 0.219 e. The monoisotopic (exact) mass is 329 g/mol. The minimum atomic E-state index is -0.437. The van der Waals surface area contributed by atoms with Crippen LogP contribution in [0.4, 0.5) is 4.39 Å². The third kappa shape index (κ3) is 3.99. The molecule has 0 aliphatic rings. The van der Waals surface area contributed by atoms with E-state index in [1.54, 1.807) is 30.3 Å². The Morgan fingerprint density at radius 1 is 0.957 bits per heavy atom. The lowest BCUT2D eigenvalue weighted by molar-refractivity contribution is 0.304. The topological polar surface area (TPSA) is 31.4 Å². The Morgan fingerprint density at radius 3 is 2.48 bits per heavy atom. The van der Waals surface area contributed by atoms with Crippen LogP contribution in [0.1, 0.15) is 5.56 Å². The number of benzene rings is 2. The van der Waals surface area contributed by atoms with Crippen molar-refractivity contribution in [3.05, 3.63) is 83.3 Å². The van der Waals surface area contributed by atoms with Crippen LogP contribution in [0.3, 0.4) is 0 Å². The normalized spacial score (nSPS) is 10.3. The Kier molecular flexibility index (Phi) is 4.74. The zero-order valence-electron chi connectivity index (χ0n) is 12.1. The van der Waals surface area contributed by atoms with Gasteiger partial charge in [-0.15, -0.1) is 0 Å². The summed E-state index contributed by atoms with van der Waals surface area (Å²) in [5.74, 6) is 0.559. The first kappa shape index (κ1) is 15.3. The molecule has 0 N–H and O–H groups in total. The van der Waals surface area contributed by atoms with Gasteiger partial charge in [-0.3, -0.25) is 0 Å². The molecule has 2 aromatic carbocycles. The molecule has 0 unspecified atom stereocenters. The van der Waals surface area contributed by atoms with Crippen LogP contribution in [0.25, 0.3) is 0 Å². The molecule has 3 rings (SSSR count). The van der Waals surface area contributed by atoms with Gasteiger partial charge in [-0.05, 0) is 24.3 Å². The standard InChI is InChI=1S/C18H13ClFNO2/c19-15-6-2-1-5-13(15)12-22-14-9-10-18(21-11-14)23-17-8-4-3-7-16(17)20/h1-11H,12H2. The van der Waals surface area contributed by atoms with Gasteiger partial charge in [-0.1, -0.05) is 41.9 Å². The van der Waals surface area contributed by atoms with Gasteiger partial charge in [-0.2, -0.15) is 0 Å². The van der Waals surface area contributed by atoms with Crippen molar-refractivity contribution in [1.82, 2.24) is 4.98 Å². The SMILES string of the molecule is Fc1ccccc1Oc1ccc(OCc2ccccc2Cl)cn1. The lowest BCUT2D eigenvalue weighted by Gasteiger charge is -2.09. The van der Waals surface area contributed by atoms with Crippen molar-refractivity contribution >= 4 is 11.6 Å². The molecule has 3 aromatic rings. The first-order valence-electron chi connectivity index (χ1n) is 6.97. The van der Waals surface area contributed by atoms with E-state index in [0.717, 1.165) is 5.56 Å². The van der Waals surface area contributed by atoms with Gasteiger partial charge in [0.1, 0.15) is 12.4 Å². The van der Waals surface area contributed by atoms with Gasteiger partial charge >= 0.3 is 0 Å². The number of halogens is 2. The van der Waals surface area contributed by atoms with Gasteiger partial charge in [0, 0.05) is 16.7 Å². The summed E-state index contributed by atoms with van der Waals surface area (Å²) in [4.78, 5) is 4.10. The Balaban J connectivity index is 1.63. The predicted octanol–water partition coefficient (Wildman–Crippen LogP) is 5.25. The summed E-state index contributed by atoms with van der Waals surface area (Å²) in [6.07, 6.45) is 1.52. The van der Waals surface area contributed by atoms with Crippen molar-refractivity contribution in [2.45, 2.75) is 6.61 Å². The van der Waals surface area contributed by atoms with Crippen molar-refractivity contribution in [2.75, 3.05) is 0 Å². The zero-order chi connectivity index (χ0) is 16.1. The van der Waals surface area contributed by atoms with Gasteiger partial charge in [-0.25, -0.2) is 9.37 Å². The summed E-state index contributed by atoms with van der Waals surface area (Å²) in [6, 6.07) is 17.0. The van der Waals surface area contributed by atoms with Gasteiger partial charge in [0.2, 0.25) is 5.88 Å². The van der Waals surface area contributed by atoms with Gasteiger partial charge in [0.05, 0.1) is 6.20 Å². The summed E-state index contributed by atoms with van der Waals surface area (Å²) < 4.78 is 24.5. The molecule has 116 valence electrons. The average Bonchev–Trinajstić information content (AvgIpc) is 2.57. The van der Waals surface area contributed by atoms with E-state index in [1.807, 2.05) is 24.3 Å². The third-order valence-electron chi connectivity index (χ3n) is 3.11. The fourth-order valence-corrected chi connectivity index (χ4v) is 2.12. The molecule has 0 aliphatic carbocycles. The molecule has 0 fully saturated rings. The van der Waals surface area contributed by atoms with E-state index >= 15 is 0 Å². The molecule has 5 heteroatoms. The van der Waals surface area contributed by atoms with Gasteiger partial charge < -0.3 is 9.47 Å². The molecule has 0 radical (unpaired) electrons. The Hall–Kier alpha value is -2.59. The maximum atomic E-state index is 13.5. The highest BCUT2D eigenvalue weighted by molar-refractivity contribution is 6.31. The van der Waals surface area contributed by atoms with E-state index in [0.29, 0.717) is 23.3 Å². The summed E-state index contributed by atoms with van der Waals surface area (Å²) in [5, 5.41) is 0.653. The highest BCUT2D eigenvalue weighted by Crippen LogP contribution is 2.24. The maximum absolute atomic E-state index is 13.5. The Morgan fingerprint density at radius 2 is 1.74 bits per heavy atom. The van der Waals surface area contributed by atoms with Crippen LogP contribution in [0.2, 0.25) is 5.02 Å². The maximum Gasteiger partial charge on any atom is 0.219 e. The second kappa shape index (κ2) is 7.11. The van der Waals surface area contributed by atoms with Crippen LogP contribution in [0, 0.1) is 5.82 Å². The first-order chi connectivity index (χ1) is 11.2. The lowest BCUT2D eigenvalue weighted by Crippen LogP contribution is -1.97. The average molecular weight is 330 g/mol. The summed E-state index contributed by atoms with van der Waals surface area (Å²) >= 11 is 6.07. The lowest BCUT2D eigenvalue weighted by atomic mass is 10.2. The minimum Gasteiger partial charge on any atom is -0.487 e. The van der Waals surface area contributed by atoms with Crippen LogP contribution in [-0.4, -0.2) is 4.98 Å². The van der Waals surface area contributed by atoms with Crippen molar-refractivity contribution in [1.29, 1.82) is 0 Å². The third-order valence-corrected chi connectivity index (χ3v) is 3.48. The van der Waals surface area contributed by atoms with Crippen molar-refractivity contribution in [3.8, 4) is 17.4 Å². The summed E-state index contributed by atoms with van der Waals surface area (Å²) in [6.45, 7) is 0.342. The molecule has 23 heavy (non-hydrogen) atoms. The number of hydrogen-bond acceptors (Lipinski definition) is 3. The molecule has 3 nitrogen and oxygen atoms in total. The number of nitrogens with zero attached hydrogens (tertiary/aromatic N) is 1. The number of pyridine rings is 1. The molecule has 0 spiro atoms. The van der Waals surface area contributed by atoms with Crippen LogP contribution in [-0.2, 0) is 6.61 Å². The highest BCUT2D eigenvalue weighted by atomic mass is 35.5. The number of para-hydroxylation sites is 1. The number of rotatable bonds is 5. The van der Waals surface area contributed by atoms with Crippen molar-refractivity contribution in [3.63, 3.8) is 0 Å². The largest absolute Gasteiger partial charge is 0.487 e. The van der Waals surface area contributed by atoms with E-state index in [4.69, 9.17) is 21.1 Å².